The second-order valence-corrected chi connectivity index (χ2v) is 5.93. The first-order valence-corrected chi connectivity index (χ1v) is 7.99. The van der Waals surface area contributed by atoms with Gasteiger partial charge in [0, 0.05) is 28.2 Å². The molecule has 0 bridgehead atoms. The molecule has 0 atom stereocenters. The summed E-state index contributed by atoms with van der Waals surface area (Å²) in [5, 5.41) is 0. The Labute approximate surface area is 143 Å². The lowest BCUT2D eigenvalue weighted by Gasteiger charge is -2.15. The summed E-state index contributed by atoms with van der Waals surface area (Å²) in [5.74, 6) is 0. The SMILES string of the molecule is Nc1c(C(=O)I)ccc(-c2ccccc2)c1-c1ccccc1. The van der Waals surface area contributed by atoms with Crippen LogP contribution in [0, 0.1) is 0 Å². The molecule has 22 heavy (non-hydrogen) atoms. The fourth-order valence-corrected chi connectivity index (χ4v) is 3.04. The molecule has 0 aromatic heterocycles. The van der Waals surface area contributed by atoms with Gasteiger partial charge in [-0.15, -0.1) is 0 Å². The number of hydrogen-bond acceptors (Lipinski definition) is 2. The fourth-order valence-electron chi connectivity index (χ4n) is 2.57. The van der Waals surface area contributed by atoms with E-state index in [9.17, 15) is 4.79 Å². The lowest BCUT2D eigenvalue weighted by molar-refractivity contribution is 0.110. The number of anilines is 1. The second-order valence-electron chi connectivity index (χ2n) is 4.96. The van der Waals surface area contributed by atoms with E-state index in [1.807, 2.05) is 66.7 Å². The summed E-state index contributed by atoms with van der Waals surface area (Å²) < 4.78 is -0.0492. The van der Waals surface area contributed by atoms with E-state index in [1.165, 1.54) is 0 Å². The molecule has 0 saturated carbocycles. The van der Waals surface area contributed by atoms with E-state index in [4.69, 9.17) is 5.73 Å². The van der Waals surface area contributed by atoms with E-state index in [1.54, 1.807) is 28.7 Å². The zero-order valence-electron chi connectivity index (χ0n) is 11.8. The van der Waals surface area contributed by atoms with Crippen LogP contribution in [0.1, 0.15) is 10.4 Å². The van der Waals surface area contributed by atoms with Crippen LogP contribution in [-0.2, 0) is 0 Å². The summed E-state index contributed by atoms with van der Waals surface area (Å²) in [5.41, 5.74) is 11.5. The third-order valence-electron chi connectivity index (χ3n) is 3.60. The summed E-state index contributed by atoms with van der Waals surface area (Å²) in [6.45, 7) is 0. The van der Waals surface area contributed by atoms with Gasteiger partial charge in [0.2, 0.25) is 3.79 Å². The molecule has 0 aliphatic heterocycles. The van der Waals surface area contributed by atoms with Gasteiger partial charge in [-0.1, -0.05) is 66.7 Å². The van der Waals surface area contributed by atoms with Crippen molar-refractivity contribution in [2.45, 2.75) is 0 Å². The van der Waals surface area contributed by atoms with Crippen molar-refractivity contribution in [3.8, 4) is 22.3 Å². The topological polar surface area (TPSA) is 43.1 Å². The van der Waals surface area contributed by atoms with Crippen LogP contribution in [0.2, 0.25) is 0 Å². The normalized spacial score (nSPS) is 10.4. The van der Waals surface area contributed by atoms with Gasteiger partial charge in [-0.25, -0.2) is 0 Å². The highest BCUT2D eigenvalue weighted by molar-refractivity contribution is 14.1. The molecule has 0 aliphatic rings. The number of benzene rings is 3. The molecule has 3 rings (SSSR count). The van der Waals surface area contributed by atoms with Gasteiger partial charge in [0.25, 0.3) is 0 Å². The van der Waals surface area contributed by atoms with Gasteiger partial charge in [-0.2, -0.15) is 0 Å². The number of rotatable bonds is 3. The van der Waals surface area contributed by atoms with Gasteiger partial charge < -0.3 is 5.73 Å². The number of carbonyl (C=O) groups excluding carboxylic acids is 1. The Bertz CT molecular complexity index is 814. The van der Waals surface area contributed by atoms with Crippen LogP contribution >= 0.6 is 22.6 Å². The zero-order chi connectivity index (χ0) is 15.5. The quantitative estimate of drug-likeness (QED) is 0.375. The molecule has 0 radical (unpaired) electrons. The van der Waals surface area contributed by atoms with Crippen molar-refractivity contribution in [2.75, 3.05) is 5.73 Å². The maximum atomic E-state index is 11.8. The lowest BCUT2D eigenvalue weighted by atomic mass is 9.91. The van der Waals surface area contributed by atoms with Gasteiger partial charge >= 0.3 is 0 Å². The molecule has 3 aromatic carbocycles. The average Bonchev–Trinajstić information content (AvgIpc) is 2.55. The molecule has 0 heterocycles. The lowest BCUT2D eigenvalue weighted by Crippen LogP contribution is -2.01. The summed E-state index contributed by atoms with van der Waals surface area (Å²) in [6, 6.07) is 23.8. The van der Waals surface area contributed by atoms with Crippen molar-refractivity contribution < 1.29 is 4.79 Å². The van der Waals surface area contributed by atoms with Gasteiger partial charge in [0.05, 0.1) is 11.3 Å². The van der Waals surface area contributed by atoms with Crippen molar-refractivity contribution in [1.82, 2.24) is 0 Å². The first-order chi connectivity index (χ1) is 10.7. The number of nitrogen functional groups attached to an aromatic ring is 1. The Morgan fingerprint density at radius 1 is 0.773 bits per heavy atom. The van der Waals surface area contributed by atoms with Crippen molar-refractivity contribution >= 4 is 32.1 Å². The molecular weight excluding hydrogens is 385 g/mol. The molecule has 0 unspecified atom stereocenters. The maximum absolute atomic E-state index is 11.8. The smallest absolute Gasteiger partial charge is 0.224 e. The number of carbonyl (C=O) groups is 1. The Kier molecular flexibility index (Phi) is 4.24. The van der Waals surface area contributed by atoms with Crippen LogP contribution in [-0.4, -0.2) is 3.79 Å². The van der Waals surface area contributed by atoms with E-state index in [-0.39, 0.29) is 3.79 Å². The van der Waals surface area contributed by atoms with Crippen molar-refractivity contribution in [1.29, 1.82) is 0 Å². The van der Waals surface area contributed by atoms with Gasteiger partial charge in [-0.3, -0.25) is 4.79 Å². The van der Waals surface area contributed by atoms with Gasteiger partial charge in [-0.05, 0) is 22.8 Å². The van der Waals surface area contributed by atoms with E-state index < -0.39 is 0 Å². The molecule has 0 aliphatic carbocycles. The second kappa shape index (κ2) is 6.32. The van der Waals surface area contributed by atoms with Crippen LogP contribution in [0.15, 0.2) is 72.8 Å². The third-order valence-corrected chi connectivity index (χ3v) is 4.19. The standard InChI is InChI=1S/C19H14INO/c20-19(22)16-12-11-15(13-7-3-1-4-8-13)17(18(16)21)14-9-5-2-6-10-14/h1-12H,21H2. The first kappa shape index (κ1) is 14.8. The Morgan fingerprint density at radius 3 is 1.86 bits per heavy atom. The molecule has 108 valence electrons. The van der Waals surface area contributed by atoms with Gasteiger partial charge in [0.15, 0.2) is 0 Å². The summed E-state index contributed by atoms with van der Waals surface area (Å²) in [4.78, 5) is 11.8. The van der Waals surface area contributed by atoms with Crippen molar-refractivity contribution in [3.63, 3.8) is 0 Å². The fraction of sp³-hybridized carbons (Fsp3) is 0. The minimum atomic E-state index is -0.0492. The predicted molar refractivity (Wildman–Crippen MR) is 100 cm³/mol. The summed E-state index contributed by atoms with van der Waals surface area (Å²) in [6.07, 6.45) is 0. The molecular formula is C19H14INO. The number of halogens is 1. The van der Waals surface area contributed by atoms with E-state index in [0.29, 0.717) is 11.3 Å². The molecule has 3 aromatic rings. The minimum absolute atomic E-state index is 0.0492. The molecule has 3 heteroatoms. The first-order valence-electron chi connectivity index (χ1n) is 6.91. The largest absolute Gasteiger partial charge is 0.398 e. The van der Waals surface area contributed by atoms with E-state index in [2.05, 4.69) is 0 Å². The van der Waals surface area contributed by atoms with Crippen LogP contribution < -0.4 is 5.73 Å². The highest BCUT2D eigenvalue weighted by Gasteiger charge is 2.16. The predicted octanol–water partition coefficient (Wildman–Crippen LogP) is 5.18. The number of nitrogens with two attached hydrogens (primary N) is 1. The van der Waals surface area contributed by atoms with Crippen molar-refractivity contribution in [2.24, 2.45) is 0 Å². The molecule has 0 spiro atoms. The third kappa shape index (κ3) is 2.76. The Hall–Kier alpha value is -2.14. The van der Waals surface area contributed by atoms with Crippen LogP contribution in [0.5, 0.6) is 0 Å². The number of hydrogen-bond donors (Lipinski definition) is 1. The molecule has 0 fully saturated rings. The summed E-state index contributed by atoms with van der Waals surface area (Å²) >= 11 is 1.78. The molecule has 2 N–H and O–H groups in total. The Morgan fingerprint density at radius 2 is 1.32 bits per heavy atom. The summed E-state index contributed by atoms with van der Waals surface area (Å²) in [7, 11) is 0. The Balaban J connectivity index is 2.32. The molecule has 0 amide bonds. The minimum Gasteiger partial charge on any atom is -0.398 e. The monoisotopic (exact) mass is 399 g/mol. The molecule has 0 saturated heterocycles. The highest BCUT2D eigenvalue weighted by Crippen LogP contribution is 2.38. The van der Waals surface area contributed by atoms with Crippen LogP contribution in [0.3, 0.4) is 0 Å². The van der Waals surface area contributed by atoms with Crippen LogP contribution in [0.25, 0.3) is 22.3 Å². The average molecular weight is 399 g/mol. The van der Waals surface area contributed by atoms with E-state index >= 15 is 0 Å². The van der Waals surface area contributed by atoms with E-state index in [0.717, 1.165) is 22.3 Å². The van der Waals surface area contributed by atoms with Crippen LogP contribution in [0.4, 0.5) is 5.69 Å². The van der Waals surface area contributed by atoms with Gasteiger partial charge in [0.1, 0.15) is 0 Å². The maximum Gasteiger partial charge on any atom is 0.224 e. The highest BCUT2D eigenvalue weighted by atomic mass is 127. The zero-order valence-corrected chi connectivity index (χ0v) is 13.9. The van der Waals surface area contributed by atoms with Crippen molar-refractivity contribution in [3.05, 3.63) is 78.4 Å². The molecule has 2 nitrogen and oxygen atoms in total.